The summed E-state index contributed by atoms with van der Waals surface area (Å²) in [6.07, 6.45) is 0. The summed E-state index contributed by atoms with van der Waals surface area (Å²) in [5.74, 6) is -0.358. The van der Waals surface area contributed by atoms with Crippen molar-refractivity contribution in [3.05, 3.63) is 35.4 Å². The molecular weight excluding hydrogens is 248 g/mol. The van der Waals surface area contributed by atoms with E-state index in [2.05, 4.69) is 19.2 Å². The Morgan fingerprint density at radius 3 is 2.42 bits per heavy atom. The minimum Gasteiger partial charge on any atom is -0.379 e. The molecule has 1 heterocycles. The van der Waals surface area contributed by atoms with Crippen LogP contribution in [0.1, 0.15) is 19.4 Å². The second kappa shape index (κ2) is 5.55. The molecule has 106 valence electrons. The molecule has 2 rings (SSSR count). The highest BCUT2D eigenvalue weighted by atomic mass is 19.1. The highest BCUT2D eigenvalue weighted by Crippen LogP contribution is 2.43. The maximum absolute atomic E-state index is 14.1. The van der Waals surface area contributed by atoms with E-state index in [9.17, 15) is 8.78 Å². The Bertz CT molecular complexity index is 444. The zero-order valence-corrected chi connectivity index (χ0v) is 11.7. The van der Waals surface area contributed by atoms with Crippen LogP contribution in [0.15, 0.2) is 18.2 Å². The average Bonchev–Trinajstić information content (AvgIpc) is 2.28. The molecule has 1 saturated heterocycles. The normalized spacial score (nSPS) is 19.3. The SMILES string of the molecule is CNCC(C(C)C)C1(c2ccc(F)cc2F)COC1. The summed E-state index contributed by atoms with van der Waals surface area (Å²) < 4.78 is 32.6. The van der Waals surface area contributed by atoms with Crippen LogP contribution in [0.4, 0.5) is 8.78 Å². The van der Waals surface area contributed by atoms with Gasteiger partial charge in [-0.05, 0) is 37.1 Å². The van der Waals surface area contributed by atoms with E-state index in [0.29, 0.717) is 24.7 Å². The highest BCUT2D eigenvalue weighted by molar-refractivity contribution is 5.31. The number of ether oxygens (including phenoxy) is 1. The van der Waals surface area contributed by atoms with Crippen molar-refractivity contribution in [2.45, 2.75) is 19.3 Å². The van der Waals surface area contributed by atoms with E-state index in [1.54, 1.807) is 6.07 Å². The van der Waals surface area contributed by atoms with Gasteiger partial charge in [-0.25, -0.2) is 8.78 Å². The monoisotopic (exact) mass is 269 g/mol. The van der Waals surface area contributed by atoms with Crippen molar-refractivity contribution >= 4 is 0 Å². The van der Waals surface area contributed by atoms with E-state index in [1.807, 2.05) is 7.05 Å². The first-order chi connectivity index (χ1) is 9.01. The second-order valence-electron chi connectivity index (χ2n) is 5.68. The molecule has 4 heteroatoms. The van der Waals surface area contributed by atoms with Crippen LogP contribution in [-0.4, -0.2) is 26.8 Å². The van der Waals surface area contributed by atoms with Gasteiger partial charge < -0.3 is 10.1 Å². The number of hydrogen-bond acceptors (Lipinski definition) is 2. The van der Waals surface area contributed by atoms with Gasteiger partial charge in [-0.1, -0.05) is 19.9 Å². The second-order valence-corrected chi connectivity index (χ2v) is 5.68. The molecule has 0 aromatic heterocycles. The number of hydrogen-bond donors (Lipinski definition) is 1. The Morgan fingerprint density at radius 1 is 1.32 bits per heavy atom. The minimum atomic E-state index is -0.536. The van der Waals surface area contributed by atoms with E-state index < -0.39 is 11.6 Å². The van der Waals surface area contributed by atoms with Gasteiger partial charge in [0.15, 0.2) is 0 Å². The Balaban J connectivity index is 2.41. The van der Waals surface area contributed by atoms with Crippen molar-refractivity contribution in [3.63, 3.8) is 0 Å². The molecule has 1 atom stereocenters. The zero-order chi connectivity index (χ0) is 14.0. The topological polar surface area (TPSA) is 21.3 Å². The van der Waals surface area contributed by atoms with Crippen LogP contribution in [-0.2, 0) is 10.2 Å². The predicted octanol–water partition coefficient (Wildman–Crippen LogP) is 2.72. The quantitative estimate of drug-likeness (QED) is 0.887. The van der Waals surface area contributed by atoms with Crippen molar-refractivity contribution in [2.24, 2.45) is 11.8 Å². The fourth-order valence-electron chi connectivity index (χ4n) is 3.07. The summed E-state index contributed by atoms with van der Waals surface area (Å²) >= 11 is 0. The average molecular weight is 269 g/mol. The van der Waals surface area contributed by atoms with Crippen molar-refractivity contribution in [1.82, 2.24) is 5.32 Å². The molecule has 1 aromatic rings. The summed E-state index contributed by atoms with van der Waals surface area (Å²) in [4.78, 5) is 0. The zero-order valence-electron chi connectivity index (χ0n) is 11.7. The summed E-state index contributed by atoms with van der Waals surface area (Å²) in [6, 6.07) is 3.86. The van der Waals surface area contributed by atoms with Gasteiger partial charge in [-0.2, -0.15) is 0 Å². The summed E-state index contributed by atoms with van der Waals surface area (Å²) in [7, 11) is 1.89. The third kappa shape index (κ3) is 2.51. The number of benzene rings is 1. The van der Waals surface area contributed by atoms with Gasteiger partial charge in [0, 0.05) is 11.5 Å². The van der Waals surface area contributed by atoms with E-state index >= 15 is 0 Å². The standard InChI is InChI=1S/C15H21F2NO/c1-10(2)13(7-18-3)15(8-19-9-15)12-5-4-11(16)6-14(12)17/h4-6,10,13,18H,7-9H2,1-3H3. The molecule has 1 N–H and O–H groups in total. The Labute approximate surface area is 113 Å². The van der Waals surface area contributed by atoms with Crippen LogP contribution in [0.25, 0.3) is 0 Å². The molecule has 0 amide bonds. The first-order valence-electron chi connectivity index (χ1n) is 6.69. The molecule has 1 fully saturated rings. The smallest absolute Gasteiger partial charge is 0.130 e. The van der Waals surface area contributed by atoms with E-state index in [1.165, 1.54) is 6.07 Å². The molecule has 1 aliphatic rings. The number of rotatable bonds is 5. The first-order valence-corrected chi connectivity index (χ1v) is 6.69. The lowest BCUT2D eigenvalue weighted by molar-refractivity contribution is -0.101. The van der Waals surface area contributed by atoms with Gasteiger partial charge in [0.1, 0.15) is 11.6 Å². The van der Waals surface area contributed by atoms with Gasteiger partial charge in [-0.3, -0.25) is 0 Å². The van der Waals surface area contributed by atoms with Crippen LogP contribution in [0, 0.1) is 23.5 Å². The first kappa shape index (κ1) is 14.4. The van der Waals surface area contributed by atoms with Gasteiger partial charge >= 0.3 is 0 Å². The number of nitrogens with one attached hydrogen (secondary N) is 1. The molecule has 0 saturated carbocycles. The molecule has 0 spiro atoms. The molecule has 19 heavy (non-hydrogen) atoms. The van der Waals surface area contributed by atoms with Gasteiger partial charge in [-0.15, -0.1) is 0 Å². The lowest BCUT2D eigenvalue weighted by atomic mass is 9.64. The van der Waals surface area contributed by atoms with E-state index in [-0.39, 0.29) is 11.3 Å². The molecule has 1 unspecified atom stereocenters. The van der Waals surface area contributed by atoms with Crippen LogP contribution in [0.2, 0.25) is 0 Å². The molecular formula is C15H21F2NO. The Morgan fingerprint density at radius 2 is 2.00 bits per heavy atom. The lowest BCUT2D eigenvalue weighted by Crippen LogP contribution is -2.56. The Hall–Kier alpha value is -1.00. The molecule has 0 bridgehead atoms. The molecule has 0 radical (unpaired) electrons. The summed E-state index contributed by atoms with van der Waals surface area (Å²) in [6.45, 7) is 6.05. The maximum atomic E-state index is 14.1. The maximum Gasteiger partial charge on any atom is 0.130 e. The van der Waals surface area contributed by atoms with Crippen LogP contribution in [0.5, 0.6) is 0 Å². The highest BCUT2D eigenvalue weighted by Gasteiger charge is 2.49. The van der Waals surface area contributed by atoms with Crippen molar-refractivity contribution in [3.8, 4) is 0 Å². The van der Waals surface area contributed by atoms with Crippen molar-refractivity contribution < 1.29 is 13.5 Å². The third-order valence-corrected chi connectivity index (χ3v) is 4.13. The third-order valence-electron chi connectivity index (χ3n) is 4.13. The molecule has 1 aliphatic heterocycles. The summed E-state index contributed by atoms with van der Waals surface area (Å²) in [5, 5.41) is 3.17. The largest absolute Gasteiger partial charge is 0.379 e. The predicted molar refractivity (Wildman–Crippen MR) is 71.1 cm³/mol. The van der Waals surface area contributed by atoms with Crippen LogP contribution < -0.4 is 5.32 Å². The summed E-state index contributed by atoms with van der Waals surface area (Å²) in [5.41, 5.74) is 0.240. The minimum absolute atomic E-state index is 0.256. The molecule has 0 aliphatic carbocycles. The lowest BCUT2D eigenvalue weighted by Gasteiger charge is -2.49. The van der Waals surface area contributed by atoms with E-state index in [0.717, 1.165) is 12.6 Å². The van der Waals surface area contributed by atoms with Crippen LogP contribution >= 0.6 is 0 Å². The fraction of sp³-hybridized carbons (Fsp3) is 0.600. The Kier molecular flexibility index (Phi) is 4.21. The van der Waals surface area contributed by atoms with Crippen LogP contribution in [0.3, 0.4) is 0 Å². The van der Waals surface area contributed by atoms with Crippen molar-refractivity contribution in [2.75, 3.05) is 26.8 Å². The van der Waals surface area contributed by atoms with Gasteiger partial charge in [0.25, 0.3) is 0 Å². The molecule has 2 nitrogen and oxygen atoms in total. The van der Waals surface area contributed by atoms with Gasteiger partial charge in [0.2, 0.25) is 0 Å². The van der Waals surface area contributed by atoms with E-state index in [4.69, 9.17) is 4.74 Å². The fourth-order valence-corrected chi connectivity index (χ4v) is 3.07. The molecule has 1 aromatic carbocycles. The van der Waals surface area contributed by atoms with Crippen molar-refractivity contribution in [1.29, 1.82) is 0 Å². The number of halogens is 2. The van der Waals surface area contributed by atoms with Gasteiger partial charge in [0.05, 0.1) is 13.2 Å².